The first kappa shape index (κ1) is 13.4. The first-order valence-corrected chi connectivity index (χ1v) is 8.77. The van der Waals surface area contributed by atoms with Crippen molar-refractivity contribution in [3.05, 3.63) is 24.3 Å². The van der Waals surface area contributed by atoms with E-state index in [1.165, 1.54) is 0 Å². The number of hydrogen-bond donors (Lipinski definition) is 0. The van der Waals surface area contributed by atoms with E-state index in [-0.39, 0.29) is 23.3 Å². The molecular formula is C12H11N2O4S2-. The van der Waals surface area contributed by atoms with Gasteiger partial charge in [-0.05, 0) is 12.1 Å². The molecule has 1 aliphatic rings. The third-order valence-corrected chi connectivity index (χ3v) is 5.85. The Labute approximate surface area is 119 Å². The molecular weight excluding hydrogens is 300 g/mol. The van der Waals surface area contributed by atoms with Crippen molar-refractivity contribution in [2.75, 3.05) is 17.3 Å². The molecule has 2 aromatic rings. The lowest BCUT2D eigenvalue weighted by Crippen LogP contribution is -2.38. The number of benzene rings is 1. The zero-order valence-electron chi connectivity index (χ0n) is 10.4. The Balaban J connectivity index is 2.02. The Bertz CT molecular complexity index is 770. The first-order valence-electron chi connectivity index (χ1n) is 5.96. The second-order valence-corrected chi connectivity index (χ2v) is 7.74. The van der Waals surface area contributed by atoms with Crippen LogP contribution in [0.15, 0.2) is 29.4 Å². The lowest BCUT2D eigenvalue weighted by atomic mass is 10.3. The van der Waals surface area contributed by atoms with Crippen LogP contribution in [0, 0.1) is 0 Å². The normalized spacial score (nSPS) is 18.0. The van der Waals surface area contributed by atoms with E-state index in [1.807, 2.05) is 28.8 Å². The van der Waals surface area contributed by atoms with Crippen LogP contribution in [0.3, 0.4) is 0 Å². The van der Waals surface area contributed by atoms with E-state index in [2.05, 4.69) is 4.98 Å². The van der Waals surface area contributed by atoms with Crippen LogP contribution in [0.1, 0.15) is 6.04 Å². The van der Waals surface area contributed by atoms with Crippen molar-refractivity contribution < 1.29 is 18.3 Å². The fourth-order valence-corrected chi connectivity index (χ4v) is 4.46. The molecule has 20 heavy (non-hydrogen) atoms. The van der Waals surface area contributed by atoms with Crippen molar-refractivity contribution in [3.8, 4) is 0 Å². The number of thioether (sulfide) groups is 1. The summed E-state index contributed by atoms with van der Waals surface area (Å²) in [6, 6.07) is 7.20. The molecule has 1 saturated heterocycles. The number of carboxylic acids is 1. The van der Waals surface area contributed by atoms with Crippen LogP contribution in [0.4, 0.5) is 0 Å². The third kappa shape index (κ3) is 2.40. The number of hydrogen-bond acceptors (Lipinski definition) is 6. The van der Waals surface area contributed by atoms with Crippen molar-refractivity contribution in [2.24, 2.45) is 0 Å². The van der Waals surface area contributed by atoms with Gasteiger partial charge in [-0.1, -0.05) is 23.9 Å². The molecule has 2 heterocycles. The Morgan fingerprint density at radius 1 is 1.40 bits per heavy atom. The number of imidazole rings is 1. The summed E-state index contributed by atoms with van der Waals surface area (Å²) in [4.78, 5) is 15.0. The summed E-state index contributed by atoms with van der Waals surface area (Å²) >= 11 is 1.05. The first-order chi connectivity index (χ1) is 9.46. The number of carbonyl (C=O) groups excluding carboxylic acids is 1. The van der Waals surface area contributed by atoms with Crippen LogP contribution >= 0.6 is 11.8 Å². The van der Waals surface area contributed by atoms with Crippen LogP contribution in [-0.4, -0.2) is 41.2 Å². The molecule has 1 aliphatic heterocycles. The molecule has 8 heteroatoms. The van der Waals surface area contributed by atoms with Crippen molar-refractivity contribution in [2.45, 2.75) is 11.2 Å². The molecule has 0 bridgehead atoms. The molecule has 0 atom stereocenters. The number of nitrogens with zero attached hydrogens (tertiary/aromatic N) is 2. The Kier molecular flexibility index (Phi) is 3.21. The van der Waals surface area contributed by atoms with Gasteiger partial charge in [0.15, 0.2) is 15.0 Å². The van der Waals surface area contributed by atoms with E-state index >= 15 is 0 Å². The van der Waals surface area contributed by atoms with E-state index in [0.29, 0.717) is 5.16 Å². The molecule has 0 radical (unpaired) electrons. The zero-order chi connectivity index (χ0) is 14.3. The third-order valence-electron chi connectivity index (χ3n) is 3.14. The SMILES string of the molecule is O=C([O-])CSc1nc2ccccc2n1C1CS(=O)(=O)C1. The average Bonchev–Trinajstić information content (AvgIpc) is 2.71. The van der Waals surface area contributed by atoms with E-state index < -0.39 is 15.8 Å². The van der Waals surface area contributed by atoms with Crippen LogP contribution in [0.2, 0.25) is 0 Å². The van der Waals surface area contributed by atoms with E-state index in [4.69, 9.17) is 0 Å². The quantitative estimate of drug-likeness (QED) is 0.729. The molecule has 1 fully saturated rings. The number of aliphatic carboxylic acids is 1. The van der Waals surface area contributed by atoms with Gasteiger partial charge in [-0.2, -0.15) is 0 Å². The number of para-hydroxylation sites is 2. The van der Waals surface area contributed by atoms with Gasteiger partial charge in [-0.15, -0.1) is 0 Å². The average molecular weight is 311 g/mol. The molecule has 1 aromatic heterocycles. The minimum atomic E-state index is -2.96. The topological polar surface area (TPSA) is 92.1 Å². The van der Waals surface area contributed by atoms with Crippen LogP contribution < -0.4 is 5.11 Å². The number of fused-ring (bicyclic) bond motifs is 1. The number of sulfone groups is 1. The van der Waals surface area contributed by atoms with Gasteiger partial charge < -0.3 is 14.5 Å². The molecule has 3 rings (SSSR count). The molecule has 0 spiro atoms. The highest BCUT2D eigenvalue weighted by Gasteiger charge is 2.36. The number of carboxylic acid groups (broad SMARTS) is 1. The molecule has 106 valence electrons. The lowest BCUT2D eigenvalue weighted by Gasteiger charge is -2.28. The molecule has 0 aliphatic carbocycles. The molecule has 6 nitrogen and oxygen atoms in total. The van der Waals surface area contributed by atoms with E-state index in [9.17, 15) is 18.3 Å². The Morgan fingerprint density at radius 2 is 2.10 bits per heavy atom. The maximum absolute atomic E-state index is 11.4. The van der Waals surface area contributed by atoms with Crippen LogP contribution in [0.25, 0.3) is 11.0 Å². The maximum atomic E-state index is 11.4. The van der Waals surface area contributed by atoms with Crippen molar-refractivity contribution in [1.29, 1.82) is 0 Å². The molecule has 0 unspecified atom stereocenters. The summed E-state index contributed by atoms with van der Waals surface area (Å²) in [6.07, 6.45) is 0. The molecule has 1 aromatic carbocycles. The van der Waals surface area contributed by atoms with Gasteiger partial charge in [0.1, 0.15) is 0 Å². The predicted octanol–water partition coefficient (Wildman–Crippen LogP) is -0.152. The molecule has 0 amide bonds. The fourth-order valence-electron chi connectivity index (χ4n) is 2.29. The van der Waals surface area contributed by atoms with Crippen molar-refractivity contribution in [1.82, 2.24) is 9.55 Å². The largest absolute Gasteiger partial charge is 0.549 e. The molecule has 0 N–H and O–H groups in total. The van der Waals surface area contributed by atoms with Gasteiger partial charge in [0.25, 0.3) is 0 Å². The van der Waals surface area contributed by atoms with Gasteiger partial charge in [-0.25, -0.2) is 13.4 Å². The number of aromatic nitrogens is 2. The minimum absolute atomic E-state index is 0.0756. The maximum Gasteiger partial charge on any atom is 0.169 e. The minimum Gasteiger partial charge on any atom is -0.549 e. The van der Waals surface area contributed by atoms with Gasteiger partial charge >= 0.3 is 0 Å². The fraction of sp³-hybridized carbons (Fsp3) is 0.333. The van der Waals surface area contributed by atoms with Crippen LogP contribution in [0.5, 0.6) is 0 Å². The van der Waals surface area contributed by atoms with Gasteiger partial charge in [0.05, 0.1) is 34.6 Å². The molecule has 0 saturated carbocycles. The van der Waals surface area contributed by atoms with Gasteiger partial charge in [0.2, 0.25) is 0 Å². The Morgan fingerprint density at radius 3 is 2.75 bits per heavy atom. The van der Waals surface area contributed by atoms with Gasteiger partial charge in [0, 0.05) is 5.75 Å². The van der Waals surface area contributed by atoms with Crippen LogP contribution in [-0.2, 0) is 14.6 Å². The predicted molar refractivity (Wildman–Crippen MR) is 73.2 cm³/mol. The summed E-state index contributed by atoms with van der Waals surface area (Å²) in [5.41, 5.74) is 1.56. The highest BCUT2D eigenvalue weighted by molar-refractivity contribution is 7.99. The lowest BCUT2D eigenvalue weighted by molar-refractivity contribution is -0.301. The summed E-state index contributed by atoms with van der Waals surface area (Å²) in [5.74, 6) is -1.23. The zero-order valence-corrected chi connectivity index (χ0v) is 12.0. The van der Waals surface area contributed by atoms with E-state index in [1.54, 1.807) is 0 Å². The van der Waals surface area contributed by atoms with Crippen molar-refractivity contribution >= 4 is 38.6 Å². The second kappa shape index (κ2) is 4.78. The summed E-state index contributed by atoms with van der Waals surface area (Å²) in [6.45, 7) is 0. The second-order valence-electron chi connectivity index (χ2n) is 4.64. The highest BCUT2D eigenvalue weighted by Crippen LogP contribution is 2.33. The summed E-state index contributed by atoms with van der Waals surface area (Å²) in [5, 5.41) is 11.1. The monoisotopic (exact) mass is 311 g/mol. The smallest absolute Gasteiger partial charge is 0.169 e. The van der Waals surface area contributed by atoms with Gasteiger partial charge in [-0.3, -0.25) is 0 Å². The Hall–Kier alpha value is -1.54. The highest BCUT2D eigenvalue weighted by atomic mass is 32.2. The summed E-state index contributed by atoms with van der Waals surface area (Å²) in [7, 11) is -2.96. The van der Waals surface area contributed by atoms with E-state index in [0.717, 1.165) is 22.8 Å². The van der Waals surface area contributed by atoms with Crippen molar-refractivity contribution in [3.63, 3.8) is 0 Å². The standard InChI is InChI=1S/C12H12N2O4S2/c15-11(16)5-19-12-13-9-3-1-2-4-10(9)14(12)8-6-20(17,18)7-8/h1-4,8H,5-7H2,(H,15,16)/p-1. The number of rotatable bonds is 4. The number of carbonyl (C=O) groups is 1. The summed E-state index contributed by atoms with van der Waals surface area (Å²) < 4.78 is 24.5.